The SMILES string of the molecule is CC[C@H](C)[C@H]1O[C@]2(C=C[C@@H]1C)C[C@@H]1C[C@@H](C/C=C(\C)[C@@H](O[C@H]3C[C@@H](OC)[C@@H](O[C@H]4C[C@@H](OC)[C@H](NC)[C@H](C)O4)[C@H](C)O3)[C@@H](C)/C=C/C=C3\CO[C@@H]4[C@H](O)C(C)=C[C@@H](C(=O)O1)[C@]34O)O2. The minimum atomic E-state index is -1.83. The molecule has 4 saturated heterocycles. The van der Waals surface area contributed by atoms with Crippen LogP contribution >= 0.6 is 0 Å². The summed E-state index contributed by atoms with van der Waals surface area (Å²) in [4.78, 5) is 14.4. The van der Waals surface area contributed by atoms with Crippen molar-refractivity contribution in [2.45, 2.75) is 191 Å². The van der Waals surface area contributed by atoms with Gasteiger partial charge in [-0.2, -0.15) is 0 Å². The fourth-order valence-electron chi connectivity index (χ4n) is 11.0. The van der Waals surface area contributed by atoms with E-state index in [1.807, 2.05) is 39.1 Å². The number of hydrogen-bond acceptors (Lipinski definition) is 14. The maximum absolute atomic E-state index is 14.4. The molecule has 14 nitrogen and oxygen atoms in total. The van der Waals surface area contributed by atoms with Gasteiger partial charge in [-0.15, -0.1) is 0 Å². The quantitative estimate of drug-likeness (QED) is 0.194. The number of nitrogens with one attached hydrogen (secondary N) is 1. The van der Waals surface area contributed by atoms with E-state index in [0.29, 0.717) is 43.3 Å². The summed E-state index contributed by atoms with van der Waals surface area (Å²) < 4.78 is 64.6. The highest BCUT2D eigenvalue weighted by molar-refractivity contribution is 5.78. The van der Waals surface area contributed by atoms with Crippen LogP contribution in [-0.2, 0) is 52.2 Å². The Morgan fingerprint density at radius 3 is 2.35 bits per heavy atom. The van der Waals surface area contributed by atoms with Crippen molar-refractivity contribution in [1.82, 2.24) is 5.32 Å². The molecule has 6 aliphatic heterocycles. The number of aliphatic hydroxyl groups excluding tert-OH is 1. The van der Waals surface area contributed by atoms with Crippen LogP contribution in [0.5, 0.6) is 0 Å². The zero-order valence-electron chi connectivity index (χ0n) is 39.3. The lowest BCUT2D eigenvalue weighted by Crippen LogP contribution is -2.58. The number of esters is 1. The summed E-state index contributed by atoms with van der Waals surface area (Å²) in [6, 6.07) is 0.0442. The second-order valence-corrected chi connectivity index (χ2v) is 19.3. The summed E-state index contributed by atoms with van der Waals surface area (Å²) in [6.07, 6.45) is 10.7. The fourth-order valence-corrected chi connectivity index (χ4v) is 11.0. The van der Waals surface area contributed by atoms with E-state index in [-0.39, 0.29) is 67.0 Å². The third-order valence-corrected chi connectivity index (χ3v) is 14.9. The summed E-state index contributed by atoms with van der Waals surface area (Å²) in [6.45, 7) is 16.4. The predicted octanol–water partition coefficient (Wildman–Crippen LogP) is 5.60. The average Bonchev–Trinajstić information content (AvgIpc) is 3.60. The number of fused-ring (bicyclic) bond motifs is 2. The molecule has 14 heteroatoms. The molecule has 1 spiro atoms. The van der Waals surface area contributed by atoms with Crippen molar-refractivity contribution in [3.8, 4) is 0 Å². The van der Waals surface area contributed by atoms with Gasteiger partial charge in [0.25, 0.3) is 0 Å². The Balaban J connectivity index is 1.18. The van der Waals surface area contributed by atoms with E-state index in [1.54, 1.807) is 33.3 Å². The molecule has 0 saturated carbocycles. The summed E-state index contributed by atoms with van der Waals surface area (Å²) >= 11 is 0. The molecule has 20 atom stereocenters. The normalized spacial score (nSPS) is 48.6. The molecule has 7 rings (SSSR count). The molecule has 0 radical (unpaired) electrons. The van der Waals surface area contributed by atoms with E-state index in [4.69, 9.17) is 47.4 Å². The molecular weight excluding hydrogens is 811 g/mol. The van der Waals surface area contributed by atoms with Gasteiger partial charge in [0.05, 0.1) is 55.4 Å². The Morgan fingerprint density at radius 1 is 0.921 bits per heavy atom. The highest BCUT2D eigenvalue weighted by atomic mass is 16.7. The lowest BCUT2D eigenvalue weighted by atomic mass is 9.71. The smallest absolute Gasteiger partial charge is 0.316 e. The topological polar surface area (TPSA) is 162 Å². The fraction of sp³-hybridized carbons (Fsp3) is 0.776. The van der Waals surface area contributed by atoms with Crippen LogP contribution in [0.1, 0.15) is 93.9 Å². The molecule has 1 aliphatic carbocycles. The van der Waals surface area contributed by atoms with Crippen LogP contribution in [-0.4, -0.2) is 141 Å². The number of carbonyl (C=O) groups excluding carboxylic acids is 1. The zero-order valence-corrected chi connectivity index (χ0v) is 39.3. The van der Waals surface area contributed by atoms with Crippen molar-refractivity contribution >= 4 is 5.97 Å². The van der Waals surface area contributed by atoms with Crippen LogP contribution < -0.4 is 5.32 Å². The van der Waals surface area contributed by atoms with Gasteiger partial charge in [0, 0.05) is 51.7 Å². The number of likely N-dealkylation sites (N-methyl/N-ethyl adjacent to an activating group) is 1. The molecule has 2 bridgehead atoms. The van der Waals surface area contributed by atoms with Crippen molar-refractivity contribution in [3.63, 3.8) is 0 Å². The minimum Gasteiger partial charge on any atom is -0.462 e. The van der Waals surface area contributed by atoms with E-state index in [0.717, 1.165) is 12.0 Å². The van der Waals surface area contributed by atoms with E-state index in [1.165, 1.54) is 0 Å². The molecule has 0 aromatic heterocycles. The molecule has 0 aromatic rings. The Bertz CT molecular complexity index is 1750. The van der Waals surface area contributed by atoms with Gasteiger partial charge in [0.2, 0.25) is 0 Å². The molecule has 7 aliphatic rings. The van der Waals surface area contributed by atoms with Gasteiger partial charge >= 0.3 is 5.97 Å². The first-order valence-corrected chi connectivity index (χ1v) is 23.4. The second-order valence-electron chi connectivity index (χ2n) is 19.3. The third-order valence-electron chi connectivity index (χ3n) is 14.9. The molecule has 3 N–H and O–H groups in total. The van der Waals surface area contributed by atoms with E-state index in [2.05, 4.69) is 52.1 Å². The summed E-state index contributed by atoms with van der Waals surface area (Å²) in [5.41, 5.74) is 0.180. The van der Waals surface area contributed by atoms with Gasteiger partial charge < -0.3 is 62.9 Å². The first-order chi connectivity index (χ1) is 30.0. The molecular formula is C49H75NO13. The van der Waals surface area contributed by atoms with Gasteiger partial charge in [-0.25, -0.2) is 0 Å². The lowest BCUT2D eigenvalue weighted by molar-refractivity contribution is -0.312. The minimum absolute atomic E-state index is 0.0411. The summed E-state index contributed by atoms with van der Waals surface area (Å²) in [5.74, 6) is -2.51. The van der Waals surface area contributed by atoms with Crippen molar-refractivity contribution < 1.29 is 62.4 Å². The van der Waals surface area contributed by atoms with Crippen LogP contribution in [0.25, 0.3) is 0 Å². The first-order valence-electron chi connectivity index (χ1n) is 23.4. The molecule has 63 heavy (non-hydrogen) atoms. The van der Waals surface area contributed by atoms with Gasteiger partial charge in [-0.1, -0.05) is 70.6 Å². The van der Waals surface area contributed by atoms with Crippen molar-refractivity contribution in [2.75, 3.05) is 27.9 Å². The summed E-state index contributed by atoms with van der Waals surface area (Å²) in [7, 11) is 5.30. The predicted molar refractivity (Wildman–Crippen MR) is 234 cm³/mol. The van der Waals surface area contributed by atoms with E-state index >= 15 is 0 Å². The Morgan fingerprint density at radius 2 is 1.63 bits per heavy atom. The second kappa shape index (κ2) is 20.3. The van der Waals surface area contributed by atoms with E-state index in [9.17, 15) is 15.0 Å². The molecule has 0 aromatic carbocycles. The van der Waals surface area contributed by atoms with Gasteiger partial charge in [0.1, 0.15) is 35.9 Å². The van der Waals surface area contributed by atoms with Crippen LogP contribution in [0, 0.1) is 23.7 Å². The number of allylic oxidation sites excluding steroid dienone is 2. The highest BCUT2D eigenvalue weighted by Crippen LogP contribution is 2.47. The van der Waals surface area contributed by atoms with E-state index < -0.39 is 66.4 Å². The first kappa shape index (κ1) is 48.6. The van der Waals surface area contributed by atoms with Crippen LogP contribution in [0.15, 0.2) is 59.3 Å². The Hall–Kier alpha value is -2.31. The third kappa shape index (κ3) is 10.0. The number of rotatable bonds is 9. The Kier molecular flexibility index (Phi) is 15.7. The largest absolute Gasteiger partial charge is 0.462 e. The van der Waals surface area contributed by atoms with Crippen molar-refractivity contribution in [1.29, 1.82) is 0 Å². The van der Waals surface area contributed by atoms with Gasteiger partial charge in [-0.3, -0.25) is 4.79 Å². The standard InChI is InChI=1S/C49H75NO13/c1-12-26(2)44-29(5)18-19-48(63-44)24-35-21-34(62-48)17-16-28(4)43(27(3)14-13-15-33-25-56-46-42(51)30(6)20-36(47(52)59-35)49(33,46)53)60-40-23-38(55-11)45(32(8)58-40)61-39-22-37(54-10)41(50-9)31(7)57-39/h13-16,18-20,26-27,29,31-32,34-46,50-51,53H,12,17,21-25H2,1-11H3/b14-13+,28-16+,33-15+/t26-,27-,29-,31-,32-,34+,35-,36-,37+,38+,39-,40-,41+,42+,43-,44+,45-,46+,48+,49+/m0/s1. The lowest BCUT2D eigenvalue weighted by Gasteiger charge is -2.48. The maximum atomic E-state index is 14.4. The maximum Gasteiger partial charge on any atom is 0.316 e. The van der Waals surface area contributed by atoms with Crippen LogP contribution in [0.3, 0.4) is 0 Å². The number of carbonyl (C=O) groups is 1. The molecule has 0 amide bonds. The molecule has 0 unspecified atom stereocenters. The number of aliphatic hydroxyl groups is 2. The van der Waals surface area contributed by atoms with Crippen molar-refractivity contribution in [2.24, 2.45) is 23.7 Å². The number of hydrogen-bond donors (Lipinski definition) is 3. The van der Waals surface area contributed by atoms with Crippen molar-refractivity contribution in [3.05, 3.63) is 59.3 Å². The van der Waals surface area contributed by atoms with Crippen LogP contribution in [0.4, 0.5) is 0 Å². The number of methoxy groups -OCH3 is 2. The molecule has 354 valence electrons. The Labute approximate surface area is 374 Å². The van der Waals surface area contributed by atoms with Gasteiger partial charge in [0.15, 0.2) is 18.4 Å². The van der Waals surface area contributed by atoms with Gasteiger partial charge in [-0.05, 0) is 69.9 Å². The molecule has 4 fully saturated rings. The molecule has 6 heterocycles. The van der Waals surface area contributed by atoms with Crippen LogP contribution in [0.2, 0.25) is 0 Å². The number of ether oxygens (including phenoxy) is 10. The zero-order chi connectivity index (χ0) is 45.4. The summed E-state index contributed by atoms with van der Waals surface area (Å²) in [5, 5.41) is 27.1. The monoisotopic (exact) mass is 886 g/mol. The highest BCUT2D eigenvalue weighted by Gasteiger charge is 2.60. The average molecular weight is 886 g/mol.